The third-order valence-electron chi connectivity index (χ3n) is 9.05. The van der Waals surface area contributed by atoms with E-state index in [1.54, 1.807) is 6.08 Å². The average Bonchev–Trinajstić information content (AvgIpc) is 3.06. The summed E-state index contributed by atoms with van der Waals surface area (Å²) in [5.74, 6) is 2.01. The van der Waals surface area contributed by atoms with Crippen molar-refractivity contribution in [2.45, 2.75) is 78.2 Å². The Morgan fingerprint density at radius 2 is 2.00 bits per heavy atom. The summed E-state index contributed by atoms with van der Waals surface area (Å²) in [5.41, 5.74) is 0.0956. The highest BCUT2D eigenvalue weighted by Gasteiger charge is 2.60. The van der Waals surface area contributed by atoms with Crippen LogP contribution in [0.5, 0.6) is 0 Å². The molecule has 0 aromatic rings. The monoisotopic (exact) mass is 431 g/mol. The third kappa shape index (κ3) is 3.59. The number of thiocarbonyl (C=S) groups is 1. The predicted octanol–water partition coefficient (Wildman–Crippen LogP) is 3.69. The molecule has 3 aliphatic carbocycles. The van der Waals surface area contributed by atoms with E-state index in [-0.39, 0.29) is 34.6 Å². The number of nitrogens with one attached hydrogen (secondary N) is 3. The molecule has 4 rings (SSSR count). The van der Waals surface area contributed by atoms with Gasteiger partial charge in [0.05, 0.1) is 0 Å². The minimum absolute atomic E-state index is 0.0431. The van der Waals surface area contributed by atoms with E-state index < -0.39 is 0 Å². The van der Waals surface area contributed by atoms with Gasteiger partial charge in [-0.1, -0.05) is 33.3 Å². The van der Waals surface area contributed by atoms with E-state index >= 15 is 0 Å². The molecule has 3 N–H and O–H groups in total. The predicted molar refractivity (Wildman–Crippen MR) is 123 cm³/mol. The van der Waals surface area contributed by atoms with E-state index in [4.69, 9.17) is 12.2 Å². The first-order valence-electron chi connectivity index (χ1n) is 11.9. The zero-order valence-electron chi connectivity index (χ0n) is 18.6. The van der Waals surface area contributed by atoms with Gasteiger partial charge >= 0.3 is 0 Å². The van der Waals surface area contributed by atoms with Crippen molar-refractivity contribution in [3.63, 3.8) is 0 Å². The van der Waals surface area contributed by atoms with E-state index in [9.17, 15) is 9.59 Å². The standard InChI is InChI=1S/C24H37N3O2S/c1-4-5-14-25-22(30)27-21(29)18-8-7-16-15-6-9-19-24(3,13-11-20(28)26-19)17(15)10-12-23(16,18)2/h11,13,15-19H,4-10,12,14H2,1-3H3,(H,26,28)(H2,25,27,29,30)/t15-,16-,17-,18+,19+,23-,24+/m0/s1. The third-order valence-corrected chi connectivity index (χ3v) is 9.30. The maximum absolute atomic E-state index is 13.1. The van der Waals surface area contributed by atoms with E-state index in [1.807, 2.05) is 0 Å². The van der Waals surface area contributed by atoms with Crippen molar-refractivity contribution in [2.24, 2.45) is 34.5 Å². The molecule has 0 spiro atoms. The Morgan fingerprint density at radius 3 is 2.77 bits per heavy atom. The van der Waals surface area contributed by atoms with Gasteiger partial charge in [-0.25, -0.2) is 0 Å². The highest BCUT2D eigenvalue weighted by Crippen LogP contribution is 2.64. The van der Waals surface area contributed by atoms with Crippen LogP contribution in [0, 0.1) is 34.5 Å². The van der Waals surface area contributed by atoms with Gasteiger partial charge in [0.2, 0.25) is 11.8 Å². The van der Waals surface area contributed by atoms with Gasteiger partial charge in [-0.2, -0.15) is 0 Å². The lowest BCUT2D eigenvalue weighted by molar-refractivity contribution is -0.132. The summed E-state index contributed by atoms with van der Waals surface area (Å²) in [4.78, 5) is 25.0. The number of fused-ring (bicyclic) bond motifs is 5. The van der Waals surface area contributed by atoms with Crippen molar-refractivity contribution in [3.05, 3.63) is 12.2 Å². The number of unbranched alkanes of at least 4 members (excludes halogenated alkanes) is 1. The first kappa shape index (κ1) is 21.8. The van der Waals surface area contributed by atoms with Crippen LogP contribution in [0.2, 0.25) is 0 Å². The molecule has 6 heteroatoms. The summed E-state index contributed by atoms with van der Waals surface area (Å²) in [5, 5.41) is 9.85. The quantitative estimate of drug-likeness (QED) is 0.469. The van der Waals surface area contributed by atoms with Crippen molar-refractivity contribution in [1.29, 1.82) is 0 Å². The largest absolute Gasteiger partial charge is 0.362 e. The van der Waals surface area contributed by atoms with Crippen LogP contribution >= 0.6 is 12.2 Å². The van der Waals surface area contributed by atoms with Crippen LogP contribution in [0.4, 0.5) is 0 Å². The fourth-order valence-corrected chi connectivity index (χ4v) is 7.59. The van der Waals surface area contributed by atoms with Crippen LogP contribution < -0.4 is 16.0 Å². The van der Waals surface area contributed by atoms with Gasteiger partial charge < -0.3 is 16.0 Å². The normalized spacial score (nSPS) is 41.8. The number of hydrogen-bond donors (Lipinski definition) is 3. The maximum Gasteiger partial charge on any atom is 0.243 e. The molecule has 30 heavy (non-hydrogen) atoms. The maximum atomic E-state index is 13.1. The van der Waals surface area contributed by atoms with E-state index in [0.717, 1.165) is 57.9 Å². The summed E-state index contributed by atoms with van der Waals surface area (Å²) in [6.07, 6.45) is 12.6. The topological polar surface area (TPSA) is 70.2 Å². The SMILES string of the molecule is CCCCNC(=S)NC(=O)[C@H]1CC[C@H]2[C@@H]3CC[C@H]4NC(=O)C=C[C@]4(C)[C@H]3CC[C@]12C. The van der Waals surface area contributed by atoms with Crippen molar-refractivity contribution in [1.82, 2.24) is 16.0 Å². The van der Waals surface area contributed by atoms with Crippen molar-refractivity contribution < 1.29 is 9.59 Å². The van der Waals surface area contributed by atoms with E-state index in [2.05, 4.69) is 42.8 Å². The van der Waals surface area contributed by atoms with Gasteiger partial charge in [-0.15, -0.1) is 0 Å². The van der Waals surface area contributed by atoms with Gasteiger partial charge in [-0.3, -0.25) is 9.59 Å². The van der Waals surface area contributed by atoms with Crippen LogP contribution in [0.1, 0.15) is 72.1 Å². The highest BCUT2D eigenvalue weighted by molar-refractivity contribution is 7.80. The lowest BCUT2D eigenvalue weighted by Crippen LogP contribution is -2.59. The first-order valence-corrected chi connectivity index (χ1v) is 12.3. The summed E-state index contributed by atoms with van der Waals surface area (Å²) in [6, 6.07) is 0.257. The lowest BCUT2D eigenvalue weighted by Gasteiger charge is -2.58. The Hall–Kier alpha value is -1.43. The van der Waals surface area contributed by atoms with Crippen LogP contribution in [0.25, 0.3) is 0 Å². The molecule has 0 aromatic carbocycles. The van der Waals surface area contributed by atoms with Gasteiger partial charge in [0.15, 0.2) is 5.11 Å². The fraction of sp³-hybridized carbons (Fsp3) is 0.792. The second-order valence-electron chi connectivity index (χ2n) is 10.5. The highest BCUT2D eigenvalue weighted by atomic mass is 32.1. The summed E-state index contributed by atoms with van der Waals surface area (Å²) >= 11 is 5.36. The average molecular weight is 432 g/mol. The Bertz CT molecular complexity index is 753. The van der Waals surface area contributed by atoms with Crippen LogP contribution in [-0.2, 0) is 9.59 Å². The van der Waals surface area contributed by atoms with Crippen molar-refractivity contribution in [3.8, 4) is 0 Å². The van der Waals surface area contributed by atoms with Crippen molar-refractivity contribution in [2.75, 3.05) is 6.54 Å². The summed E-state index contributed by atoms with van der Waals surface area (Å²) < 4.78 is 0. The minimum atomic E-state index is 0.0431. The molecule has 2 amide bonds. The Morgan fingerprint density at radius 1 is 1.20 bits per heavy atom. The minimum Gasteiger partial charge on any atom is -0.362 e. The number of amides is 2. The van der Waals surface area contributed by atoms with E-state index in [0.29, 0.717) is 22.9 Å². The number of rotatable bonds is 4. The molecule has 1 heterocycles. The number of carbonyl (C=O) groups excluding carboxylic acids is 2. The lowest BCUT2D eigenvalue weighted by atomic mass is 9.48. The van der Waals surface area contributed by atoms with Gasteiger partial charge in [-0.05, 0) is 86.4 Å². The molecule has 0 bridgehead atoms. The van der Waals surface area contributed by atoms with Crippen LogP contribution in [0.3, 0.4) is 0 Å². The first-order chi connectivity index (χ1) is 14.3. The van der Waals surface area contributed by atoms with Crippen LogP contribution in [0.15, 0.2) is 12.2 Å². The number of hydrogen-bond acceptors (Lipinski definition) is 3. The Kier molecular flexibility index (Phi) is 5.99. The smallest absolute Gasteiger partial charge is 0.243 e. The summed E-state index contributed by atoms with van der Waals surface area (Å²) in [6.45, 7) is 7.65. The molecule has 3 fully saturated rings. The van der Waals surface area contributed by atoms with Gasteiger partial charge in [0, 0.05) is 23.9 Å². The molecule has 7 atom stereocenters. The van der Waals surface area contributed by atoms with Gasteiger partial charge in [0.1, 0.15) is 0 Å². The van der Waals surface area contributed by atoms with Crippen molar-refractivity contribution >= 4 is 29.1 Å². The number of carbonyl (C=O) groups is 2. The molecule has 166 valence electrons. The second-order valence-corrected chi connectivity index (χ2v) is 10.9. The molecule has 0 unspecified atom stereocenters. The Balaban J connectivity index is 1.46. The molecular weight excluding hydrogens is 394 g/mol. The second kappa shape index (κ2) is 8.25. The molecule has 4 aliphatic rings. The Labute approximate surface area is 186 Å². The summed E-state index contributed by atoms with van der Waals surface area (Å²) in [7, 11) is 0. The molecule has 0 aromatic heterocycles. The fourth-order valence-electron chi connectivity index (χ4n) is 7.39. The molecule has 5 nitrogen and oxygen atoms in total. The van der Waals surface area contributed by atoms with E-state index in [1.165, 1.54) is 0 Å². The molecular formula is C24H37N3O2S. The van der Waals surface area contributed by atoms with Crippen LogP contribution in [-0.4, -0.2) is 29.5 Å². The zero-order valence-corrected chi connectivity index (χ0v) is 19.4. The molecule has 0 radical (unpaired) electrons. The van der Waals surface area contributed by atoms with Gasteiger partial charge in [0.25, 0.3) is 0 Å². The molecule has 1 aliphatic heterocycles. The molecule has 3 saturated carbocycles. The zero-order chi connectivity index (χ0) is 21.5. The molecule has 0 saturated heterocycles.